The van der Waals surface area contributed by atoms with Crippen LogP contribution in [-0.2, 0) is 0 Å². The summed E-state index contributed by atoms with van der Waals surface area (Å²) in [5.74, 6) is -2.07. The summed E-state index contributed by atoms with van der Waals surface area (Å²) in [7, 11) is 0. The van der Waals surface area contributed by atoms with Gasteiger partial charge in [-0.2, -0.15) is 0 Å². The zero-order valence-electron chi connectivity index (χ0n) is 11.8. The standard InChI is InChI=1S/C14H9N3O7/c18-13(8-1-4-10(5-2-8)16(21)22)15-11-6-3-9(14(19)20)7-12(11)17(23)24/h1-7H,(H,15,18)(H,19,20). The van der Waals surface area contributed by atoms with E-state index >= 15 is 0 Å². The lowest BCUT2D eigenvalue weighted by atomic mass is 10.1. The minimum Gasteiger partial charge on any atom is -0.478 e. The van der Waals surface area contributed by atoms with Crippen LogP contribution in [-0.4, -0.2) is 26.8 Å². The third-order valence-corrected chi connectivity index (χ3v) is 3.03. The Morgan fingerprint density at radius 3 is 2.00 bits per heavy atom. The number of non-ortho nitro benzene ring substituents is 1. The van der Waals surface area contributed by atoms with Gasteiger partial charge in [0.1, 0.15) is 5.69 Å². The number of hydrogen-bond acceptors (Lipinski definition) is 6. The average Bonchev–Trinajstić information content (AvgIpc) is 2.54. The second-order valence-corrected chi connectivity index (χ2v) is 4.55. The number of carbonyl (C=O) groups excluding carboxylic acids is 1. The summed E-state index contributed by atoms with van der Waals surface area (Å²) in [6, 6.07) is 7.68. The molecule has 10 nitrogen and oxygen atoms in total. The minimum atomic E-state index is -1.34. The van der Waals surface area contributed by atoms with Gasteiger partial charge in [-0.3, -0.25) is 25.0 Å². The molecule has 122 valence electrons. The summed E-state index contributed by atoms with van der Waals surface area (Å²) < 4.78 is 0. The molecule has 0 aliphatic rings. The van der Waals surface area contributed by atoms with E-state index in [0.29, 0.717) is 0 Å². The van der Waals surface area contributed by atoms with Crippen molar-refractivity contribution < 1.29 is 24.5 Å². The third kappa shape index (κ3) is 3.50. The van der Waals surface area contributed by atoms with Crippen LogP contribution in [0.1, 0.15) is 20.7 Å². The van der Waals surface area contributed by atoms with E-state index in [4.69, 9.17) is 5.11 Å². The molecular weight excluding hydrogens is 322 g/mol. The number of hydrogen-bond donors (Lipinski definition) is 2. The molecule has 1 amide bonds. The molecule has 0 radical (unpaired) electrons. The van der Waals surface area contributed by atoms with Crippen LogP contribution in [0.3, 0.4) is 0 Å². The van der Waals surface area contributed by atoms with Crippen molar-refractivity contribution in [3.63, 3.8) is 0 Å². The van der Waals surface area contributed by atoms with E-state index in [1.807, 2.05) is 0 Å². The van der Waals surface area contributed by atoms with Crippen molar-refractivity contribution in [2.24, 2.45) is 0 Å². The maximum Gasteiger partial charge on any atom is 0.335 e. The zero-order valence-corrected chi connectivity index (χ0v) is 11.8. The number of benzene rings is 2. The lowest BCUT2D eigenvalue weighted by molar-refractivity contribution is -0.384. The SMILES string of the molecule is O=C(O)c1ccc(NC(=O)c2ccc([N+](=O)[O-])cc2)c([N+](=O)[O-])c1. The molecule has 0 saturated heterocycles. The van der Waals surface area contributed by atoms with Gasteiger partial charge in [-0.15, -0.1) is 0 Å². The smallest absolute Gasteiger partial charge is 0.335 e. The molecule has 0 bridgehead atoms. The van der Waals surface area contributed by atoms with Crippen LogP contribution >= 0.6 is 0 Å². The van der Waals surface area contributed by atoms with Gasteiger partial charge < -0.3 is 10.4 Å². The van der Waals surface area contributed by atoms with E-state index < -0.39 is 27.4 Å². The number of carboxylic acids is 1. The fourth-order valence-corrected chi connectivity index (χ4v) is 1.85. The number of rotatable bonds is 5. The first-order valence-electron chi connectivity index (χ1n) is 6.37. The number of nitro benzene ring substituents is 2. The summed E-state index contributed by atoms with van der Waals surface area (Å²) in [6.07, 6.45) is 0. The molecule has 0 unspecified atom stereocenters. The van der Waals surface area contributed by atoms with Gasteiger partial charge in [-0.25, -0.2) is 4.79 Å². The van der Waals surface area contributed by atoms with Crippen LogP contribution in [0.4, 0.5) is 17.1 Å². The molecule has 0 aromatic heterocycles. The first-order chi connectivity index (χ1) is 11.3. The lowest BCUT2D eigenvalue weighted by Crippen LogP contribution is -2.13. The van der Waals surface area contributed by atoms with Gasteiger partial charge in [-0.05, 0) is 24.3 Å². The van der Waals surface area contributed by atoms with Crippen molar-refractivity contribution in [3.05, 3.63) is 73.8 Å². The molecule has 2 N–H and O–H groups in total. The van der Waals surface area contributed by atoms with Crippen molar-refractivity contribution >= 4 is 28.9 Å². The van der Waals surface area contributed by atoms with Gasteiger partial charge in [0.2, 0.25) is 0 Å². The largest absolute Gasteiger partial charge is 0.478 e. The monoisotopic (exact) mass is 331 g/mol. The van der Waals surface area contributed by atoms with Gasteiger partial charge in [0.05, 0.1) is 15.4 Å². The summed E-state index contributed by atoms with van der Waals surface area (Å²) in [5, 5.41) is 32.7. The van der Waals surface area contributed by atoms with E-state index in [-0.39, 0.29) is 22.5 Å². The first kappa shape index (κ1) is 16.5. The van der Waals surface area contributed by atoms with E-state index in [0.717, 1.165) is 30.3 Å². The number of nitrogens with zero attached hydrogens (tertiary/aromatic N) is 2. The molecule has 0 aliphatic carbocycles. The van der Waals surface area contributed by atoms with Gasteiger partial charge in [0, 0.05) is 23.8 Å². The van der Waals surface area contributed by atoms with Crippen molar-refractivity contribution in [3.8, 4) is 0 Å². The Morgan fingerprint density at radius 2 is 1.50 bits per heavy atom. The van der Waals surface area contributed by atoms with Crippen molar-refractivity contribution in [1.82, 2.24) is 0 Å². The zero-order chi connectivity index (χ0) is 17.9. The highest BCUT2D eigenvalue weighted by Crippen LogP contribution is 2.26. The highest BCUT2D eigenvalue weighted by molar-refractivity contribution is 6.05. The second kappa shape index (κ2) is 6.52. The predicted octanol–water partition coefficient (Wildman–Crippen LogP) is 2.45. The highest BCUT2D eigenvalue weighted by atomic mass is 16.6. The van der Waals surface area contributed by atoms with Gasteiger partial charge >= 0.3 is 5.97 Å². The first-order valence-corrected chi connectivity index (χ1v) is 6.37. The fraction of sp³-hybridized carbons (Fsp3) is 0. The van der Waals surface area contributed by atoms with Crippen LogP contribution in [0.5, 0.6) is 0 Å². The number of amides is 1. The normalized spacial score (nSPS) is 10.0. The van der Waals surface area contributed by atoms with Crippen molar-refractivity contribution in [2.45, 2.75) is 0 Å². The maximum absolute atomic E-state index is 12.1. The number of anilines is 1. The Balaban J connectivity index is 2.29. The third-order valence-electron chi connectivity index (χ3n) is 3.03. The quantitative estimate of drug-likeness (QED) is 0.630. The fourth-order valence-electron chi connectivity index (χ4n) is 1.85. The molecule has 2 rings (SSSR count). The molecule has 0 heterocycles. The van der Waals surface area contributed by atoms with E-state index in [1.165, 1.54) is 12.1 Å². The Bertz CT molecular complexity index is 846. The van der Waals surface area contributed by atoms with E-state index in [9.17, 15) is 29.8 Å². The van der Waals surface area contributed by atoms with Gasteiger partial charge in [0.15, 0.2) is 0 Å². The number of aromatic carboxylic acids is 1. The Labute approximate surface area is 133 Å². The Morgan fingerprint density at radius 1 is 0.917 bits per heavy atom. The minimum absolute atomic E-state index is 0.0530. The second-order valence-electron chi connectivity index (χ2n) is 4.55. The van der Waals surface area contributed by atoms with Crippen LogP contribution in [0.25, 0.3) is 0 Å². The topological polar surface area (TPSA) is 153 Å². The molecule has 2 aromatic carbocycles. The molecule has 10 heteroatoms. The van der Waals surface area contributed by atoms with Crippen molar-refractivity contribution in [1.29, 1.82) is 0 Å². The Kier molecular flexibility index (Phi) is 4.50. The van der Waals surface area contributed by atoms with Crippen LogP contribution in [0, 0.1) is 20.2 Å². The van der Waals surface area contributed by atoms with Gasteiger partial charge in [-0.1, -0.05) is 0 Å². The number of nitrogens with one attached hydrogen (secondary N) is 1. The molecule has 0 atom stereocenters. The molecule has 0 saturated carbocycles. The predicted molar refractivity (Wildman–Crippen MR) is 81.1 cm³/mol. The molecular formula is C14H9N3O7. The highest BCUT2D eigenvalue weighted by Gasteiger charge is 2.19. The van der Waals surface area contributed by atoms with Crippen LogP contribution in [0.15, 0.2) is 42.5 Å². The molecule has 0 fully saturated rings. The molecule has 0 spiro atoms. The molecule has 24 heavy (non-hydrogen) atoms. The number of carbonyl (C=O) groups is 2. The van der Waals surface area contributed by atoms with E-state index in [2.05, 4.69) is 5.32 Å². The Hall–Kier alpha value is -3.82. The summed E-state index contributed by atoms with van der Waals surface area (Å²) >= 11 is 0. The molecule has 0 aliphatic heterocycles. The van der Waals surface area contributed by atoms with Gasteiger partial charge in [0.25, 0.3) is 17.3 Å². The van der Waals surface area contributed by atoms with E-state index in [1.54, 1.807) is 0 Å². The average molecular weight is 331 g/mol. The molecule has 2 aromatic rings. The summed E-state index contributed by atoms with van der Waals surface area (Å²) in [6.45, 7) is 0. The summed E-state index contributed by atoms with van der Waals surface area (Å²) in [5.41, 5.74) is -1.21. The summed E-state index contributed by atoms with van der Waals surface area (Å²) in [4.78, 5) is 43.1. The number of carboxylic acid groups (broad SMARTS) is 1. The lowest BCUT2D eigenvalue weighted by Gasteiger charge is -2.07. The van der Waals surface area contributed by atoms with Crippen LogP contribution in [0.2, 0.25) is 0 Å². The number of nitro groups is 2. The maximum atomic E-state index is 12.1. The van der Waals surface area contributed by atoms with Crippen molar-refractivity contribution in [2.75, 3.05) is 5.32 Å². The van der Waals surface area contributed by atoms with Crippen LogP contribution < -0.4 is 5.32 Å².